The van der Waals surface area contributed by atoms with Crippen LogP contribution in [0.1, 0.15) is 11.1 Å². The van der Waals surface area contributed by atoms with Gasteiger partial charge in [0.15, 0.2) is 0 Å². The molecule has 1 aromatic carbocycles. The first-order valence-corrected chi connectivity index (χ1v) is 4.98. The average molecular weight is 232 g/mol. The van der Waals surface area contributed by atoms with E-state index in [0.29, 0.717) is 5.56 Å². The lowest BCUT2D eigenvalue weighted by Crippen LogP contribution is -2.31. The number of methoxy groups -OCH3 is 1. The second-order valence-corrected chi connectivity index (χ2v) is 3.34. The van der Waals surface area contributed by atoms with Crippen molar-refractivity contribution in [2.75, 3.05) is 13.7 Å². The van der Waals surface area contributed by atoms with E-state index in [1.165, 1.54) is 7.11 Å². The molecule has 1 amide bonds. The van der Waals surface area contributed by atoms with E-state index in [9.17, 15) is 9.59 Å². The molecule has 0 aliphatic heterocycles. The summed E-state index contributed by atoms with van der Waals surface area (Å²) in [5.41, 5.74) is 1.33. The number of carbonyl (C=O) groups excluding carboxylic acids is 2. The highest BCUT2D eigenvalue weighted by atomic mass is 16.5. The number of benzene rings is 1. The number of carbonyl (C=O) groups is 2. The van der Waals surface area contributed by atoms with Crippen molar-refractivity contribution in [2.45, 2.75) is 6.42 Å². The maximum Gasteiger partial charge on any atom is 0.325 e. The maximum atomic E-state index is 11.4. The van der Waals surface area contributed by atoms with Crippen LogP contribution in [-0.2, 0) is 20.7 Å². The minimum atomic E-state index is -0.488. The summed E-state index contributed by atoms with van der Waals surface area (Å²) < 4.78 is 4.39. The number of nitrogens with one attached hydrogen (secondary N) is 1. The van der Waals surface area contributed by atoms with Crippen LogP contribution in [0.5, 0.6) is 0 Å². The summed E-state index contributed by atoms with van der Waals surface area (Å²) in [4.78, 5) is 22.2. The standard InChI is InChI=1S/C12H12N2O3/c1-17-12(16)8-14-11(15)6-9-2-4-10(7-13)5-3-9/h2-5H,6,8H2,1H3,(H,14,15). The predicted octanol–water partition coefficient (Wildman–Crippen LogP) is 0.390. The van der Waals surface area contributed by atoms with Crippen molar-refractivity contribution in [2.24, 2.45) is 0 Å². The van der Waals surface area contributed by atoms with Gasteiger partial charge in [-0.2, -0.15) is 5.26 Å². The zero-order chi connectivity index (χ0) is 12.7. The number of hydrogen-bond acceptors (Lipinski definition) is 4. The van der Waals surface area contributed by atoms with Gasteiger partial charge in [0.05, 0.1) is 25.2 Å². The molecule has 0 fully saturated rings. The molecular formula is C12H12N2O3. The summed E-state index contributed by atoms with van der Waals surface area (Å²) in [5, 5.41) is 11.0. The Morgan fingerprint density at radius 2 is 2.00 bits per heavy atom. The Labute approximate surface area is 99.0 Å². The Kier molecular flexibility index (Phi) is 4.70. The van der Waals surface area contributed by atoms with Crippen molar-refractivity contribution >= 4 is 11.9 Å². The van der Waals surface area contributed by atoms with Crippen molar-refractivity contribution in [3.8, 4) is 6.07 Å². The second-order valence-electron chi connectivity index (χ2n) is 3.34. The normalized spacial score (nSPS) is 9.18. The summed E-state index contributed by atoms with van der Waals surface area (Å²) in [6.07, 6.45) is 0.169. The molecule has 1 N–H and O–H groups in total. The van der Waals surface area contributed by atoms with Gasteiger partial charge in [-0.25, -0.2) is 0 Å². The molecule has 0 radical (unpaired) electrons. The first kappa shape index (κ1) is 12.7. The van der Waals surface area contributed by atoms with Crippen LogP contribution in [0.2, 0.25) is 0 Å². The zero-order valence-corrected chi connectivity index (χ0v) is 9.40. The van der Waals surface area contributed by atoms with Gasteiger partial charge in [0.25, 0.3) is 0 Å². The van der Waals surface area contributed by atoms with Crippen molar-refractivity contribution in [1.29, 1.82) is 5.26 Å². The highest BCUT2D eigenvalue weighted by Crippen LogP contribution is 2.03. The highest BCUT2D eigenvalue weighted by Gasteiger charge is 2.06. The Morgan fingerprint density at radius 3 is 2.53 bits per heavy atom. The van der Waals surface area contributed by atoms with Gasteiger partial charge < -0.3 is 10.1 Å². The Bertz CT molecular complexity index is 446. The molecule has 0 aliphatic carbocycles. The van der Waals surface area contributed by atoms with Crippen LogP contribution < -0.4 is 5.32 Å². The number of esters is 1. The molecule has 1 aromatic rings. The molecular weight excluding hydrogens is 220 g/mol. The lowest BCUT2D eigenvalue weighted by molar-refractivity contribution is -0.141. The van der Waals surface area contributed by atoms with Gasteiger partial charge >= 0.3 is 5.97 Å². The van der Waals surface area contributed by atoms with Crippen LogP contribution in [0.15, 0.2) is 24.3 Å². The quantitative estimate of drug-likeness (QED) is 0.761. The Hall–Kier alpha value is -2.35. The largest absolute Gasteiger partial charge is 0.468 e. The fourth-order valence-corrected chi connectivity index (χ4v) is 1.19. The van der Waals surface area contributed by atoms with Gasteiger partial charge in [0.2, 0.25) is 5.91 Å². The van der Waals surface area contributed by atoms with Crippen molar-refractivity contribution < 1.29 is 14.3 Å². The molecule has 1 rings (SSSR count). The third kappa shape index (κ3) is 4.34. The first-order chi connectivity index (χ1) is 8.15. The van der Waals surface area contributed by atoms with E-state index in [0.717, 1.165) is 5.56 Å². The lowest BCUT2D eigenvalue weighted by Gasteiger charge is -2.03. The minimum Gasteiger partial charge on any atom is -0.468 e. The molecule has 5 heteroatoms. The Morgan fingerprint density at radius 1 is 1.35 bits per heavy atom. The van der Waals surface area contributed by atoms with E-state index in [1.54, 1.807) is 24.3 Å². The van der Waals surface area contributed by atoms with Gasteiger partial charge in [-0.1, -0.05) is 12.1 Å². The van der Waals surface area contributed by atoms with E-state index >= 15 is 0 Å². The van der Waals surface area contributed by atoms with Gasteiger partial charge in [0, 0.05) is 0 Å². The highest BCUT2D eigenvalue weighted by molar-refractivity contribution is 5.83. The zero-order valence-electron chi connectivity index (χ0n) is 9.40. The number of hydrogen-bond donors (Lipinski definition) is 1. The summed E-state index contributed by atoms with van der Waals surface area (Å²) in [6, 6.07) is 8.69. The van der Waals surface area contributed by atoms with Gasteiger partial charge in [0.1, 0.15) is 6.54 Å². The van der Waals surface area contributed by atoms with Crippen molar-refractivity contribution in [3.05, 3.63) is 35.4 Å². The van der Waals surface area contributed by atoms with Crippen LogP contribution in [0.25, 0.3) is 0 Å². The maximum absolute atomic E-state index is 11.4. The summed E-state index contributed by atoms with van der Waals surface area (Å²) in [5.74, 6) is -0.752. The molecule has 0 atom stereocenters. The molecule has 0 saturated carbocycles. The number of nitriles is 1. The van der Waals surface area contributed by atoms with Gasteiger partial charge in [-0.05, 0) is 17.7 Å². The summed E-state index contributed by atoms with van der Waals surface area (Å²) in [7, 11) is 1.26. The molecule has 5 nitrogen and oxygen atoms in total. The molecule has 88 valence electrons. The molecule has 0 aromatic heterocycles. The summed E-state index contributed by atoms with van der Waals surface area (Å²) in [6.45, 7) is -0.133. The molecule has 0 saturated heterocycles. The lowest BCUT2D eigenvalue weighted by atomic mass is 10.1. The van der Waals surface area contributed by atoms with Crippen LogP contribution in [-0.4, -0.2) is 25.5 Å². The van der Waals surface area contributed by atoms with Crippen LogP contribution >= 0.6 is 0 Å². The van der Waals surface area contributed by atoms with Crippen LogP contribution in [0.3, 0.4) is 0 Å². The minimum absolute atomic E-state index is 0.133. The number of ether oxygens (including phenoxy) is 1. The van der Waals surface area contributed by atoms with Crippen molar-refractivity contribution in [3.63, 3.8) is 0 Å². The van der Waals surface area contributed by atoms with E-state index in [2.05, 4.69) is 10.1 Å². The SMILES string of the molecule is COC(=O)CNC(=O)Cc1ccc(C#N)cc1. The molecule has 17 heavy (non-hydrogen) atoms. The Balaban J connectivity index is 2.45. The fraction of sp³-hybridized carbons (Fsp3) is 0.250. The van der Waals surface area contributed by atoms with Gasteiger partial charge in [-0.15, -0.1) is 0 Å². The van der Waals surface area contributed by atoms with Crippen molar-refractivity contribution in [1.82, 2.24) is 5.32 Å². The predicted molar refractivity (Wildman–Crippen MR) is 59.9 cm³/mol. The van der Waals surface area contributed by atoms with Crippen LogP contribution in [0.4, 0.5) is 0 Å². The van der Waals surface area contributed by atoms with Crippen LogP contribution in [0, 0.1) is 11.3 Å². The van der Waals surface area contributed by atoms with E-state index in [4.69, 9.17) is 5.26 Å². The number of rotatable bonds is 4. The van der Waals surface area contributed by atoms with E-state index in [1.807, 2.05) is 6.07 Å². The molecule has 0 heterocycles. The molecule has 0 aliphatic rings. The first-order valence-electron chi connectivity index (χ1n) is 4.98. The molecule has 0 bridgehead atoms. The van der Waals surface area contributed by atoms with E-state index < -0.39 is 5.97 Å². The van der Waals surface area contributed by atoms with Gasteiger partial charge in [-0.3, -0.25) is 9.59 Å². The molecule has 0 unspecified atom stereocenters. The smallest absolute Gasteiger partial charge is 0.325 e. The molecule has 0 spiro atoms. The topological polar surface area (TPSA) is 79.2 Å². The average Bonchev–Trinajstić information content (AvgIpc) is 2.36. The summed E-state index contributed by atoms with van der Waals surface area (Å²) >= 11 is 0. The second kappa shape index (κ2) is 6.28. The number of nitrogens with zero attached hydrogens (tertiary/aromatic N) is 1. The fourth-order valence-electron chi connectivity index (χ4n) is 1.19. The monoisotopic (exact) mass is 232 g/mol. The van der Waals surface area contributed by atoms with E-state index in [-0.39, 0.29) is 18.9 Å². The third-order valence-electron chi connectivity index (χ3n) is 2.11. The number of amides is 1. The third-order valence-corrected chi connectivity index (χ3v) is 2.11.